The standard InChI is InChI=1S/C34H53NO10/c1-7-17(3)29(39)44-28-26(38)25-19(15-35-14-16(2)8-9-23(35)31(25,6)40)20-13-32-27(33(20,28)41)21(37)12-22-30(32,5)11-10-24(43-18(4)36)34(22,42)45-32/h16-17,19-28,37-38,40-42H,7-15H2,1-6H3/t16-,17?,19?,20?,21+,22?,23-,24-,25?,26+,27?,28-,30-,31+,32+,33-,34-/m0/s1. The van der Waals surface area contributed by atoms with E-state index in [1.165, 1.54) is 6.92 Å². The Kier molecular flexibility index (Phi) is 7.22. The number of nitrogens with zero attached hydrogens (tertiary/aromatic N) is 1. The Morgan fingerprint density at radius 3 is 2.44 bits per heavy atom. The van der Waals surface area contributed by atoms with E-state index >= 15 is 0 Å². The summed E-state index contributed by atoms with van der Waals surface area (Å²) in [6, 6.07) is -0.191. The van der Waals surface area contributed by atoms with Crippen molar-refractivity contribution in [2.24, 2.45) is 46.8 Å². The molecule has 11 heteroatoms. The van der Waals surface area contributed by atoms with Gasteiger partial charge >= 0.3 is 11.9 Å². The van der Waals surface area contributed by atoms with Gasteiger partial charge in [-0.2, -0.15) is 0 Å². The quantitative estimate of drug-likeness (QED) is 0.283. The van der Waals surface area contributed by atoms with Crippen molar-refractivity contribution in [3.63, 3.8) is 0 Å². The van der Waals surface area contributed by atoms with Gasteiger partial charge in [-0.1, -0.05) is 27.7 Å². The van der Waals surface area contributed by atoms with E-state index in [9.17, 15) is 35.1 Å². The highest BCUT2D eigenvalue weighted by Gasteiger charge is 2.87. The topological polar surface area (TPSA) is 166 Å². The molecule has 3 aliphatic heterocycles. The zero-order valence-corrected chi connectivity index (χ0v) is 27.5. The van der Waals surface area contributed by atoms with Gasteiger partial charge in [-0.25, -0.2) is 0 Å². The number of ether oxygens (including phenoxy) is 3. The Morgan fingerprint density at radius 1 is 1.07 bits per heavy atom. The highest BCUT2D eigenvalue weighted by Crippen LogP contribution is 2.77. The molecule has 7 fully saturated rings. The summed E-state index contributed by atoms with van der Waals surface area (Å²) < 4.78 is 18.6. The number of hydrogen-bond acceptors (Lipinski definition) is 11. The molecule has 0 aromatic carbocycles. The van der Waals surface area contributed by atoms with E-state index in [2.05, 4.69) is 11.8 Å². The van der Waals surface area contributed by atoms with Gasteiger partial charge in [-0.15, -0.1) is 0 Å². The van der Waals surface area contributed by atoms with E-state index in [0.29, 0.717) is 31.7 Å². The number of aliphatic hydroxyl groups excluding tert-OH is 2. The molecule has 3 heterocycles. The Hall–Kier alpha value is -1.34. The molecule has 4 saturated carbocycles. The molecule has 17 atom stereocenters. The average molecular weight is 636 g/mol. The van der Waals surface area contributed by atoms with Crippen LogP contribution in [0.15, 0.2) is 0 Å². The number of carbonyl (C=O) groups is 2. The number of aliphatic hydroxyl groups is 5. The average Bonchev–Trinajstić information content (AvgIpc) is 3.24. The van der Waals surface area contributed by atoms with Crippen molar-refractivity contribution in [3.05, 3.63) is 0 Å². The Morgan fingerprint density at radius 2 is 1.78 bits per heavy atom. The van der Waals surface area contributed by atoms with Crippen LogP contribution in [-0.2, 0) is 23.8 Å². The van der Waals surface area contributed by atoms with Crippen molar-refractivity contribution in [2.45, 2.75) is 140 Å². The lowest BCUT2D eigenvalue weighted by atomic mass is 9.49. The normalized spacial score (nSPS) is 57.2. The largest absolute Gasteiger partial charge is 0.457 e. The van der Waals surface area contributed by atoms with Gasteiger partial charge in [0.25, 0.3) is 0 Å². The van der Waals surface area contributed by atoms with Crippen molar-refractivity contribution >= 4 is 11.9 Å². The van der Waals surface area contributed by atoms with E-state index < -0.39 is 99.9 Å². The minimum atomic E-state index is -1.91. The van der Waals surface area contributed by atoms with E-state index in [0.717, 1.165) is 19.4 Å². The zero-order chi connectivity index (χ0) is 32.6. The van der Waals surface area contributed by atoms with Crippen LogP contribution in [0.1, 0.15) is 86.5 Å². The number of esters is 2. The van der Waals surface area contributed by atoms with Gasteiger partial charge in [0.2, 0.25) is 5.79 Å². The molecule has 4 bridgehead atoms. The third kappa shape index (κ3) is 3.95. The van der Waals surface area contributed by atoms with Crippen LogP contribution in [0.3, 0.4) is 0 Å². The maximum Gasteiger partial charge on any atom is 0.309 e. The van der Waals surface area contributed by atoms with E-state index in [1.807, 2.05) is 13.8 Å². The van der Waals surface area contributed by atoms with Crippen LogP contribution in [0.5, 0.6) is 0 Å². The minimum absolute atomic E-state index is 0.0891. The summed E-state index contributed by atoms with van der Waals surface area (Å²) >= 11 is 0. The van der Waals surface area contributed by atoms with Crippen LogP contribution in [0.25, 0.3) is 0 Å². The molecular formula is C34H53NO10. The molecule has 11 nitrogen and oxygen atoms in total. The fraction of sp³-hybridized carbons (Fsp3) is 0.941. The first kappa shape index (κ1) is 32.2. The van der Waals surface area contributed by atoms with Gasteiger partial charge < -0.3 is 39.7 Å². The molecule has 0 amide bonds. The molecule has 0 radical (unpaired) electrons. The first-order valence-corrected chi connectivity index (χ1v) is 17.3. The van der Waals surface area contributed by atoms with Crippen LogP contribution in [-0.4, -0.2) is 109 Å². The van der Waals surface area contributed by atoms with Crippen molar-refractivity contribution in [2.75, 3.05) is 13.1 Å². The summed E-state index contributed by atoms with van der Waals surface area (Å²) in [6.45, 7) is 12.2. The number of carbonyl (C=O) groups excluding carboxylic acids is 2. The zero-order valence-electron chi connectivity index (χ0n) is 27.5. The van der Waals surface area contributed by atoms with Crippen molar-refractivity contribution in [1.29, 1.82) is 0 Å². The van der Waals surface area contributed by atoms with Gasteiger partial charge in [0.1, 0.15) is 5.60 Å². The van der Waals surface area contributed by atoms with Crippen LogP contribution >= 0.6 is 0 Å². The second-order valence-corrected chi connectivity index (χ2v) is 16.6. The molecule has 0 aromatic heterocycles. The van der Waals surface area contributed by atoms with Crippen LogP contribution in [0.2, 0.25) is 0 Å². The van der Waals surface area contributed by atoms with Crippen LogP contribution in [0, 0.1) is 46.8 Å². The molecule has 254 valence electrons. The Bertz CT molecular complexity index is 1250. The van der Waals surface area contributed by atoms with E-state index in [1.54, 1.807) is 13.8 Å². The summed E-state index contributed by atoms with van der Waals surface area (Å²) in [4.78, 5) is 27.8. The maximum atomic E-state index is 13.4. The second-order valence-electron chi connectivity index (χ2n) is 16.6. The summed E-state index contributed by atoms with van der Waals surface area (Å²) in [7, 11) is 0. The number of piperidine rings is 2. The number of rotatable bonds is 4. The monoisotopic (exact) mass is 635 g/mol. The highest BCUT2D eigenvalue weighted by molar-refractivity contribution is 5.72. The molecular weight excluding hydrogens is 582 g/mol. The van der Waals surface area contributed by atoms with Crippen molar-refractivity contribution in [3.8, 4) is 0 Å². The molecule has 3 saturated heterocycles. The maximum absolute atomic E-state index is 13.4. The fourth-order valence-corrected chi connectivity index (χ4v) is 12.3. The third-order valence-corrected chi connectivity index (χ3v) is 14.3. The first-order chi connectivity index (χ1) is 21.0. The lowest BCUT2D eigenvalue weighted by Crippen LogP contribution is -2.77. The van der Waals surface area contributed by atoms with Crippen molar-refractivity contribution in [1.82, 2.24) is 4.90 Å². The van der Waals surface area contributed by atoms with Crippen LogP contribution < -0.4 is 0 Å². The second kappa shape index (κ2) is 10.1. The molecule has 5 N–H and O–H groups in total. The summed E-state index contributed by atoms with van der Waals surface area (Å²) in [6.07, 6.45) is -1.45. The molecule has 1 spiro atoms. The summed E-state index contributed by atoms with van der Waals surface area (Å²) in [5.74, 6) is -6.32. The fourth-order valence-electron chi connectivity index (χ4n) is 12.3. The van der Waals surface area contributed by atoms with Gasteiger partial charge in [0.15, 0.2) is 12.2 Å². The van der Waals surface area contributed by atoms with Gasteiger partial charge in [0, 0.05) is 49.2 Å². The van der Waals surface area contributed by atoms with Crippen molar-refractivity contribution < 1.29 is 49.3 Å². The van der Waals surface area contributed by atoms with Crippen LogP contribution in [0.4, 0.5) is 0 Å². The SMILES string of the molecule is CCC(C)C(=O)O[C@H]1[C@H](O)C2C(CN3C[C@@H](C)CC[C@H]3[C@@]2(C)O)C2C[C@@]34O[C@@]5(O)C(C[C@@H](O)C3[C@@]21O)[C@]4(C)CC[C@@H]5OC(C)=O. The predicted molar refractivity (Wildman–Crippen MR) is 159 cm³/mol. The third-order valence-electron chi connectivity index (χ3n) is 14.3. The van der Waals surface area contributed by atoms with Gasteiger partial charge in [-0.3, -0.25) is 14.5 Å². The van der Waals surface area contributed by atoms with Gasteiger partial charge in [0.05, 0.1) is 29.3 Å². The minimum Gasteiger partial charge on any atom is -0.457 e. The Labute approximate surface area is 265 Å². The lowest BCUT2D eigenvalue weighted by molar-refractivity contribution is -0.299. The summed E-state index contributed by atoms with van der Waals surface area (Å²) in [5.41, 5.74) is -5.22. The smallest absolute Gasteiger partial charge is 0.309 e. The first-order valence-electron chi connectivity index (χ1n) is 17.3. The lowest BCUT2D eigenvalue weighted by Gasteiger charge is -2.64. The number of fused-ring (bicyclic) bond motifs is 5. The Balaban J connectivity index is 1.38. The molecule has 6 unspecified atom stereocenters. The molecule has 45 heavy (non-hydrogen) atoms. The van der Waals surface area contributed by atoms with E-state index in [-0.39, 0.29) is 18.9 Å². The molecule has 0 aromatic rings. The molecule has 4 aliphatic carbocycles. The molecule has 7 aliphatic rings. The summed E-state index contributed by atoms with van der Waals surface area (Å²) in [5, 5.41) is 62.1. The molecule has 7 rings (SSSR count). The van der Waals surface area contributed by atoms with Gasteiger partial charge in [-0.05, 0) is 69.6 Å². The highest BCUT2D eigenvalue weighted by atomic mass is 16.7. The number of hydrogen-bond donors (Lipinski definition) is 5. The van der Waals surface area contributed by atoms with E-state index in [4.69, 9.17) is 14.2 Å². The predicted octanol–water partition coefficient (Wildman–Crippen LogP) is 1.35.